The highest BCUT2D eigenvalue weighted by Crippen LogP contribution is 2.22. The van der Waals surface area contributed by atoms with Gasteiger partial charge in [-0.25, -0.2) is 5.01 Å². The van der Waals surface area contributed by atoms with Crippen LogP contribution < -0.4 is 5.01 Å². The highest BCUT2D eigenvalue weighted by atomic mass is 32.1. The maximum atomic E-state index is 11.9. The van der Waals surface area contributed by atoms with Crippen LogP contribution in [-0.4, -0.2) is 11.6 Å². The van der Waals surface area contributed by atoms with Crippen molar-refractivity contribution in [3.63, 3.8) is 0 Å². The summed E-state index contributed by atoms with van der Waals surface area (Å²) in [5, 5.41) is 10.1. The van der Waals surface area contributed by atoms with E-state index in [1.807, 2.05) is 41.8 Å². The maximum absolute atomic E-state index is 11.9. The van der Waals surface area contributed by atoms with Gasteiger partial charge in [0.15, 0.2) is 0 Å². The summed E-state index contributed by atoms with van der Waals surface area (Å²) < 4.78 is 0. The lowest BCUT2D eigenvalue weighted by molar-refractivity contribution is -0.118. The van der Waals surface area contributed by atoms with Crippen molar-refractivity contribution in [2.75, 3.05) is 5.01 Å². The van der Waals surface area contributed by atoms with Crippen LogP contribution in [-0.2, 0) is 4.79 Å². The number of hydrazone groups is 1. The third-order valence-corrected chi connectivity index (χ3v) is 3.57. The third kappa shape index (κ3) is 2.07. The summed E-state index contributed by atoms with van der Waals surface area (Å²) >= 11 is 1.65. The Balaban J connectivity index is 1.98. The summed E-state index contributed by atoms with van der Waals surface area (Å²) in [7, 11) is 0. The van der Waals surface area contributed by atoms with E-state index in [0.29, 0.717) is 6.42 Å². The topological polar surface area (TPSA) is 32.7 Å². The maximum Gasteiger partial charge on any atom is 0.247 e. The highest BCUT2D eigenvalue weighted by Gasteiger charge is 2.22. The molecule has 1 aromatic heterocycles. The van der Waals surface area contributed by atoms with E-state index in [1.165, 1.54) is 5.01 Å². The minimum atomic E-state index is 0.0557. The molecule has 0 saturated carbocycles. The normalized spacial score (nSPS) is 15.7. The predicted molar refractivity (Wildman–Crippen MR) is 74.0 cm³/mol. The van der Waals surface area contributed by atoms with E-state index in [-0.39, 0.29) is 5.91 Å². The zero-order valence-corrected chi connectivity index (χ0v) is 10.6. The van der Waals surface area contributed by atoms with Crippen LogP contribution in [0.25, 0.3) is 0 Å². The summed E-state index contributed by atoms with van der Waals surface area (Å²) in [6, 6.07) is 11.6. The van der Waals surface area contributed by atoms with E-state index in [2.05, 4.69) is 10.5 Å². The fraction of sp³-hybridized carbons (Fsp3) is 0.143. The Morgan fingerprint density at radius 3 is 2.67 bits per heavy atom. The van der Waals surface area contributed by atoms with Gasteiger partial charge in [0.05, 0.1) is 11.4 Å². The molecule has 1 amide bonds. The van der Waals surface area contributed by atoms with Crippen molar-refractivity contribution >= 4 is 28.6 Å². The first-order valence-electron chi connectivity index (χ1n) is 5.82. The number of benzene rings is 1. The molecule has 18 heavy (non-hydrogen) atoms. The van der Waals surface area contributed by atoms with Crippen molar-refractivity contribution in [3.8, 4) is 0 Å². The van der Waals surface area contributed by atoms with Crippen LogP contribution in [0.2, 0.25) is 0 Å². The zero-order valence-electron chi connectivity index (χ0n) is 9.74. The van der Waals surface area contributed by atoms with Gasteiger partial charge in [0.1, 0.15) is 0 Å². The Hall–Kier alpha value is -1.94. The lowest BCUT2D eigenvalue weighted by Gasteiger charge is -2.23. The molecule has 0 radical (unpaired) electrons. The Kier molecular flexibility index (Phi) is 2.94. The van der Waals surface area contributed by atoms with Crippen molar-refractivity contribution in [2.45, 2.75) is 12.8 Å². The fourth-order valence-electron chi connectivity index (χ4n) is 1.96. The van der Waals surface area contributed by atoms with Crippen molar-refractivity contribution in [1.82, 2.24) is 0 Å². The van der Waals surface area contributed by atoms with Crippen molar-refractivity contribution in [1.29, 1.82) is 0 Å². The molecule has 1 aliphatic rings. The molecule has 0 atom stereocenters. The second-order valence-electron chi connectivity index (χ2n) is 4.10. The quantitative estimate of drug-likeness (QED) is 0.811. The number of hydrogen-bond acceptors (Lipinski definition) is 3. The summed E-state index contributed by atoms with van der Waals surface area (Å²) in [6.07, 6.45) is 1.24. The van der Waals surface area contributed by atoms with Gasteiger partial charge >= 0.3 is 0 Å². The fourth-order valence-corrected chi connectivity index (χ4v) is 2.62. The minimum Gasteiger partial charge on any atom is -0.273 e. The molecule has 1 aliphatic heterocycles. The molecule has 0 aliphatic carbocycles. The van der Waals surface area contributed by atoms with Crippen molar-refractivity contribution in [3.05, 3.63) is 52.7 Å². The number of para-hydroxylation sites is 1. The van der Waals surface area contributed by atoms with E-state index in [9.17, 15) is 4.79 Å². The molecule has 90 valence electrons. The van der Waals surface area contributed by atoms with E-state index in [1.54, 1.807) is 11.3 Å². The molecule has 0 spiro atoms. The van der Waals surface area contributed by atoms with E-state index < -0.39 is 0 Å². The number of thiophene rings is 1. The van der Waals surface area contributed by atoms with Gasteiger partial charge in [-0.2, -0.15) is 16.4 Å². The molecule has 3 nitrogen and oxygen atoms in total. The molecular weight excluding hydrogens is 244 g/mol. The molecular formula is C14H12N2OS. The van der Waals surface area contributed by atoms with Crippen LogP contribution >= 0.6 is 11.3 Å². The molecule has 0 unspecified atom stereocenters. The highest BCUT2D eigenvalue weighted by molar-refractivity contribution is 7.08. The summed E-state index contributed by atoms with van der Waals surface area (Å²) in [5.41, 5.74) is 2.93. The first-order chi connectivity index (χ1) is 8.84. The van der Waals surface area contributed by atoms with Crippen LogP contribution in [0.3, 0.4) is 0 Å². The number of carbonyl (C=O) groups excluding carboxylic acids is 1. The number of nitrogens with zero attached hydrogens (tertiary/aromatic N) is 2. The molecule has 0 bridgehead atoms. The molecule has 0 saturated heterocycles. The molecule has 2 heterocycles. The number of carbonyl (C=O) groups is 1. The molecule has 3 rings (SSSR count). The minimum absolute atomic E-state index is 0.0557. The number of anilines is 1. The van der Waals surface area contributed by atoms with Gasteiger partial charge in [-0.1, -0.05) is 18.2 Å². The lowest BCUT2D eigenvalue weighted by Crippen LogP contribution is -2.31. The molecule has 0 fully saturated rings. The first kappa shape index (κ1) is 11.2. The monoisotopic (exact) mass is 256 g/mol. The number of hydrogen-bond donors (Lipinski definition) is 0. The Morgan fingerprint density at radius 1 is 1.11 bits per heavy atom. The SMILES string of the molecule is O=C1CCC(c2ccsc2)=NN1c1ccccc1. The summed E-state index contributed by atoms with van der Waals surface area (Å²) in [5.74, 6) is 0.0557. The Morgan fingerprint density at radius 2 is 1.94 bits per heavy atom. The number of amides is 1. The lowest BCUT2D eigenvalue weighted by atomic mass is 10.1. The standard InChI is InChI=1S/C14H12N2OS/c17-14-7-6-13(11-8-9-18-10-11)15-16(14)12-4-2-1-3-5-12/h1-5,8-10H,6-7H2. The van der Waals surface area contributed by atoms with Gasteiger partial charge < -0.3 is 0 Å². The molecule has 2 aromatic rings. The Bertz CT molecular complexity index is 575. The molecule has 0 N–H and O–H groups in total. The average molecular weight is 256 g/mol. The summed E-state index contributed by atoms with van der Waals surface area (Å²) in [6.45, 7) is 0. The predicted octanol–water partition coefficient (Wildman–Crippen LogP) is 3.28. The van der Waals surface area contributed by atoms with Gasteiger partial charge in [0.25, 0.3) is 0 Å². The van der Waals surface area contributed by atoms with Gasteiger partial charge in [-0.05, 0) is 29.0 Å². The third-order valence-electron chi connectivity index (χ3n) is 2.89. The smallest absolute Gasteiger partial charge is 0.247 e. The van der Waals surface area contributed by atoms with Crippen LogP contribution in [0.15, 0.2) is 52.3 Å². The van der Waals surface area contributed by atoms with Crippen LogP contribution in [0.5, 0.6) is 0 Å². The van der Waals surface area contributed by atoms with E-state index in [4.69, 9.17) is 0 Å². The van der Waals surface area contributed by atoms with Gasteiger partial charge in [0.2, 0.25) is 5.91 Å². The Labute approximate surface area is 109 Å². The second-order valence-corrected chi connectivity index (χ2v) is 4.88. The van der Waals surface area contributed by atoms with Gasteiger partial charge in [-0.15, -0.1) is 0 Å². The van der Waals surface area contributed by atoms with Gasteiger partial charge in [-0.3, -0.25) is 4.79 Å². The van der Waals surface area contributed by atoms with E-state index >= 15 is 0 Å². The molecule has 4 heteroatoms. The first-order valence-corrected chi connectivity index (χ1v) is 6.77. The molecule has 1 aromatic carbocycles. The van der Waals surface area contributed by atoms with Crippen molar-refractivity contribution < 1.29 is 4.79 Å². The second kappa shape index (κ2) is 4.74. The van der Waals surface area contributed by atoms with Crippen LogP contribution in [0.1, 0.15) is 18.4 Å². The number of rotatable bonds is 2. The van der Waals surface area contributed by atoms with Crippen LogP contribution in [0, 0.1) is 0 Å². The van der Waals surface area contributed by atoms with Gasteiger partial charge in [0, 0.05) is 18.4 Å². The average Bonchev–Trinajstić information content (AvgIpc) is 2.94. The largest absolute Gasteiger partial charge is 0.273 e. The van der Waals surface area contributed by atoms with E-state index in [0.717, 1.165) is 23.4 Å². The van der Waals surface area contributed by atoms with Crippen LogP contribution in [0.4, 0.5) is 5.69 Å². The summed E-state index contributed by atoms with van der Waals surface area (Å²) in [4.78, 5) is 11.9. The van der Waals surface area contributed by atoms with Crippen molar-refractivity contribution in [2.24, 2.45) is 5.10 Å². The zero-order chi connectivity index (χ0) is 12.4.